The Bertz CT molecular complexity index is 1080. The molecule has 2 saturated carbocycles. The summed E-state index contributed by atoms with van der Waals surface area (Å²) in [5.74, 6) is -0.233. The van der Waals surface area contributed by atoms with Gasteiger partial charge in [-0.15, -0.1) is 0 Å². The molecule has 0 saturated heterocycles. The molecule has 1 unspecified atom stereocenters. The number of imidazole rings is 1. The summed E-state index contributed by atoms with van der Waals surface area (Å²) in [7, 11) is 1.50. The summed E-state index contributed by atoms with van der Waals surface area (Å²) in [6, 6.07) is 4.20. The van der Waals surface area contributed by atoms with Crippen molar-refractivity contribution >= 4 is 22.7 Å². The van der Waals surface area contributed by atoms with E-state index in [2.05, 4.69) is 11.5 Å². The van der Waals surface area contributed by atoms with Gasteiger partial charge in [0.15, 0.2) is 0 Å². The molecule has 2 heterocycles. The lowest BCUT2D eigenvalue weighted by molar-refractivity contribution is -0.143. The quantitative estimate of drug-likeness (QED) is 0.382. The molecule has 2 aromatic rings. The summed E-state index contributed by atoms with van der Waals surface area (Å²) in [5.41, 5.74) is 3.82. The van der Waals surface area contributed by atoms with Crippen LogP contribution in [0.3, 0.4) is 0 Å². The van der Waals surface area contributed by atoms with Crippen molar-refractivity contribution in [3.8, 4) is 0 Å². The Morgan fingerprint density at radius 3 is 2.50 bits per heavy atom. The van der Waals surface area contributed by atoms with Crippen molar-refractivity contribution in [2.24, 2.45) is 11.8 Å². The number of fused-ring (bicyclic) bond motifs is 3. The molecular weight excluding hydrogens is 458 g/mol. The molecule has 36 heavy (non-hydrogen) atoms. The van der Waals surface area contributed by atoms with Gasteiger partial charge in [-0.25, -0.2) is 4.98 Å². The normalized spacial score (nSPS) is 27.4. The highest BCUT2D eigenvalue weighted by Gasteiger charge is 2.36. The second-order valence-electron chi connectivity index (χ2n) is 11.2. The number of aromatic nitrogens is 2. The maximum Gasteiger partial charge on any atom is 0.306 e. The molecule has 3 aliphatic rings. The minimum atomic E-state index is -1.04. The number of hydrogen-bond donors (Lipinski definition) is 3. The second-order valence-corrected chi connectivity index (χ2v) is 11.2. The van der Waals surface area contributed by atoms with Crippen LogP contribution in [0.15, 0.2) is 12.1 Å². The molecule has 0 spiro atoms. The number of benzene rings is 1. The van der Waals surface area contributed by atoms with Crippen LogP contribution in [0.1, 0.15) is 101 Å². The van der Waals surface area contributed by atoms with E-state index in [0.29, 0.717) is 18.7 Å². The average Bonchev–Trinajstić information content (AvgIpc) is 3.07. The molecule has 0 amide bonds. The number of carboxylic acid groups (broad SMARTS) is 1. The molecule has 2 aliphatic carbocycles. The Hall–Kier alpha value is -2.16. The number of nitrogens with zero attached hydrogens (tertiary/aromatic N) is 3. The predicted molar refractivity (Wildman–Crippen MR) is 138 cm³/mol. The van der Waals surface area contributed by atoms with Gasteiger partial charge >= 0.3 is 5.97 Å². The number of methoxy groups -OCH3 is 1. The summed E-state index contributed by atoms with van der Waals surface area (Å²) in [5, 5.41) is 32.0. The van der Waals surface area contributed by atoms with Gasteiger partial charge in [0.2, 0.25) is 6.41 Å². The molecule has 8 nitrogen and oxygen atoms in total. The van der Waals surface area contributed by atoms with E-state index in [1.54, 1.807) is 0 Å². The number of anilines is 1. The maximum atomic E-state index is 11.9. The van der Waals surface area contributed by atoms with Crippen LogP contribution in [0.2, 0.25) is 0 Å². The zero-order chi connectivity index (χ0) is 25.4. The van der Waals surface area contributed by atoms with E-state index in [1.807, 2.05) is 17.0 Å². The Kier molecular flexibility index (Phi) is 7.56. The van der Waals surface area contributed by atoms with Crippen molar-refractivity contribution in [2.75, 3.05) is 12.0 Å². The highest BCUT2D eigenvalue weighted by molar-refractivity contribution is 5.86. The topological polar surface area (TPSA) is 108 Å². The SMILES string of the molecule is COC(O)N1c2ccc3c(nc([C@@H](O)C4CCCCCC4)n3[C@@H]3CCC[C@@H](C(=O)O)C3)c2CC[C@@H]1C. The van der Waals surface area contributed by atoms with Crippen LogP contribution in [0.5, 0.6) is 0 Å². The molecule has 1 aromatic heterocycles. The first kappa shape index (κ1) is 25.5. The van der Waals surface area contributed by atoms with Gasteiger partial charge in [-0.05, 0) is 69.9 Å². The zero-order valence-corrected chi connectivity index (χ0v) is 21.6. The van der Waals surface area contributed by atoms with Crippen molar-refractivity contribution in [2.45, 2.75) is 109 Å². The minimum Gasteiger partial charge on any atom is -0.481 e. The van der Waals surface area contributed by atoms with Gasteiger partial charge in [0.25, 0.3) is 0 Å². The lowest BCUT2D eigenvalue weighted by Crippen LogP contribution is -2.45. The molecule has 8 heteroatoms. The number of aliphatic carboxylic acids is 1. The minimum absolute atomic E-state index is 0.00140. The molecular formula is C28H41N3O5. The smallest absolute Gasteiger partial charge is 0.306 e. The molecule has 3 N–H and O–H groups in total. The molecule has 0 bridgehead atoms. The van der Waals surface area contributed by atoms with Crippen LogP contribution in [0.4, 0.5) is 5.69 Å². The van der Waals surface area contributed by atoms with Crippen molar-refractivity contribution < 1.29 is 24.9 Å². The number of hydrogen-bond acceptors (Lipinski definition) is 6. The lowest BCUT2D eigenvalue weighted by atomic mass is 9.85. The molecule has 5 atom stereocenters. The number of ether oxygens (including phenoxy) is 1. The molecule has 1 aromatic carbocycles. The number of aliphatic hydroxyl groups excluding tert-OH is 2. The van der Waals surface area contributed by atoms with E-state index in [0.717, 1.165) is 73.7 Å². The van der Waals surface area contributed by atoms with E-state index >= 15 is 0 Å². The summed E-state index contributed by atoms with van der Waals surface area (Å²) in [6.07, 6.45) is 9.69. The first-order valence-corrected chi connectivity index (χ1v) is 13.8. The number of aryl methyl sites for hydroxylation is 1. The number of aliphatic hydroxyl groups is 2. The molecule has 198 valence electrons. The summed E-state index contributed by atoms with van der Waals surface area (Å²) < 4.78 is 7.47. The van der Waals surface area contributed by atoms with Crippen molar-refractivity contribution in [3.63, 3.8) is 0 Å². The van der Waals surface area contributed by atoms with Gasteiger partial charge in [-0.1, -0.05) is 32.1 Å². The first-order chi connectivity index (χ1) is 17.4. The third-order valence-corrected chi connectivity index (χ3v) is 8.96. The van der Waals surface area contributed by atoms with Crippen LogP contribution in [-0.2, 0) is 16.0 Å². The average molecular weight is 500 g/mol. The molecule has 2 fully saturated rings. The Balaban J connectivity index is 1.63. The highest BCUT2D eigenvalue weighted by Crippen LogP contribution is 2.43. The van der Waals surface area contributed by atoms with Gasteiger partial charge in [0.1, 0.15) is 11.9 Å². The Morgan fingerprint density at radius 2 is 1.81 bits per heavy atom. The van der Waals surface area contributed by atoms with Gasteiger partial charge in [0, 0.05) is 30.4 Å². The second kappa shape index (κ2) is 10.7. The van der Waals surface area contributed by atoms with Gasteiger partial charge in [-0.2, -0.15) is 0 Å². The van der Waals surface area contributed by atoms with E-state index < -0.39 is 18.5 Å². The Labute approximate surface area is 213 Å². The van der Waals surface area contributed by atoms with Gasteiger partial charge < -0.3 is 29.5 Å². The molecule has 0 radical (unpaired) electrons. The number of carboxylic acids is 1. The van der Waals surface area contributed by atoms with Crippen LogP contribution >= 0.6 is 0 Å². The van der Waals surface area contributed by atoms with Gasteiger partial charge in [0.05, 0.1) is 17.0 Å². The van der Waals surface area contributed by atoms with Crippen LogP contribution in [0.25, 0.3) is 11.0 Å². The summed E-state index contributed by atoms with van der Waals surface area (Å²) in [6.45, 7) is 2.09. The fourth-order valence-corrected chi connectivity index (χ4v) is 6.95. The van der Waals surface area contributed by atoms with E-state index in [1.165, 1.54) is 20.0 Å². The van der Waals surface area contributed by atoms with E-state index in [-0.39, 0.29) is 23.9 Å². The van der Waals surface area contributed by atoms with E-state index in [9.17, 15) is 20.1 Å². The van der Waals surface area contributed by atoms with Crippen LogP contribution in [-0.4, -0.2) is 50.4 Å². The predicted octanol–water partition coefficient (Wildman–Crippen LogP) is 4.92. The largest absolute Gasteiger partial charge is 0.481 e. The first-order valence-electron chi connectivity index (χ1n) is 13.8. The highest BCUT2D eigenvalue weighted by atomic mass is 16.6. The van der Waals surface area contributed by atoms with Gasteiger partial charge in [-0.3, -0.25) is 4.79 Å². The van der Waals surface area contributed by atoms with Crippen molar-refractivity contribution in [1.82, 2.24) is 9.55 Å². The lowest BCUT2D eigenvalue weighted by Gasteiger charge is -2.39. The standard InChI is InChI=1S/C28H41N3O5/c1-17-12-13-21-22(30(17)28(35)36-2)14-15-23-24(21)29-26(25(32)18-8-5-3-4-6-9-18)31(23)20-11-7-10-19(16-20)27(33)34/h14-15,17-20,25,28,32,35H,3-13,16H2,1-2H3,(H,33,34)/t17-,19+,20+,25-,28?/m0/s1. The molecule has 1 aliphatic heterocycles. The number of rotatable bonds is 6. The summed E-state index contributed by atoms with van der Waals surface area (Å²) >= 11 is 0. The maximum absolute atomic E-state index is 11.9. The van der Waals surface area contributed by atoms with Crippen molar-refractivity contribution in [3.05, 3.63) is 23.5 Å². The number of carbonyl (C=O) groups is 1. The van der Waals surface area contributed by atoms with Crippen LogP contribution < -0.4 is 4.90 Å². The third kappa shape index (κ3) is 4.63. The van der Waals surface area contributed by atoms with E-state index in [4.69, 9.17) is 9.72 Å². The van der Waals surface area contributed by atoms with Crippen molar-refractivity contribution in [1.29, 1.82) is 0 Å². The fraction of sp³-hybridized carbons (Fsp3) is 0.714. The zero-order valence-electron chi connectivity index (χ0n) is 21.6. The molecule has 5 rings (SSSR count). The third-order valence-electron chi connectivity index (χ3n) is 8.96. The summed E-state index contributed by atoms with van der Waals surface area (Å²) in [4.78, 5) is 18.9. The monoisotopic (exact) mass is 499 g/mol. The fourth-order valence-electron chi connectivity index (χ4n) is 6.95. The Morgan fingerprint density at radius 1 is 1.06 bits per heavy atom. The van der Waals surface area contributed by atoms with Crippen LogP contribution in [0, 0.1) is 11.8 Å².